The Bertz CT molecular complexity index is 403. The van der Waals surface area contributed by atoms with E-state index in [0.29, 0.717) is 45.3 Å². The standard InChI is InChI=1S/C13H26N2O4S/c1-3-12(16)5-8-14-13(17)11-6-9-15(10-7-11)20(18,19)4-2/h11-12,16H,3-10H2,1-2H3,(H,14,17). The summed E-state index contributed by atoms with van der Waals surface area (Å²) >= 11 is 0. The SMILES string of the molecule is CCC(O)CCNC(=O)C1CCN(S(=O)(=O)CC)CC1. The minimum absolute atomic E-state index is 0.0261. The molecule has 1 fully saturated rings. The monoisotopic (exact) mass is 306 g/mol. The highest BCUT2D eigenvalue weighted by atomic mass is 32.2. The molecule has 1 heterocycles. The zero-order chi connectivity index (χ0) is 15.2. The van der Waals surface area contributed by atoms with Gasteiger partial charge in [-0.1, -0.05) is 6.92 Å². The van der Waals surface area contributed by atoms with Crippen LogP contribution >= 0.6 is 0 Å². The Hall–Kier alpha value is -0.660. The third-order valence-corrected chi connectivity index (χ3v) is 5.71. The molecule has 7 heteroatoms. The van der Waals surface area contributed by atoms with Gasteiger partial charge < -0.3 is 10.4 Å². The van der Waals surface area contributed by atoms with Crippen LogP contribution in [0.15, 0.2) is 0 Å². The van der Waals surface area contributed by atoms with Crippen LogP contribution in [0.5, 0.6) is 0 Å². The van der Waals surface area contributed by atoms with E-state index in [1.54, 1.807) is 6.92 Å². The average Bonchev–Trinajstić information content (AvgIpc) is 2.47. The third-order valence-electron chi connectivity index (χ3n) is 3.83. The molecular weight excluding hydrogens is 280 g/mol. The van der Waals surface area contributed by atoms with Crippen molar-refractivity contribution in [3.8, 4) is 0 Å². The summed E-state index contributed by atoms with van der Waals surface area (Å²) < 4.78 is 24.9. The van der Waals surface area contributed by atoms with Gasteiger partial charge in [0, 0.05) is 25.6 Å². The summed E-state index contributed by atoms with van der Waals surface area (Å²) in [6, 6.07) is 0. The summed E-state index contributed by atoms with van der Waals surface area (Å²) in [5, 5.41) is 12.2. The van der Waals surface area contributed by atoms with Crippen molar-refractivity contribution in [1.29, 1.82) is 0 Å². The molecule has 0 saturated carbocycles. The van der Waals surface area contributed by atoms with E-state index < -0.39 is 10.0 Å². The predicted octanol–water partition coefficient (Wildman–Crippen LogP) is 0.325. The van der Waals surface area contributed by atoms with Gasteiger partial charge in [-0.3, -0.25) is 4.79 Å². The van der Waals surface area contributed by atoms with Crippen LogP contribution in [0.25, 0.3) is 0 Å². The second-order valence-electron chi connectivity index (χ2n) is 5.22. The number of piperidine rings is 1. The van der Waals surface area contributed by atoms with Crippen LogP contribution in [0.1, 0.15) is 39.5 Å². The number of carbonyl (C=O) groups excluding carboxylic acids is 1. The lowest BCUT2D eigenvalue weighted by atomic mass is 9.97. The molecule has 1 amide bonds. The van der Waals surface area contributed by atoms with E-state index in [4.69, 9.17) is 0 Å². The van der Waals surface area contributed by atoms with E-state index in [-0.39, 0.29) is 23.7 Å². The average molecular weight is 306 g/mol. The number of amides is 1. The van der Waals surface area contributed by atoms with E-state index in [2.05, 4.69) is 5.32 Å². The van der Waals surface area contributed by atoms with Gasteiger partial charge in [0.05, 0.1) is 11.9 Å². The van der Waals surface area contributed by atoms with Crippen LogP contribution < -0.4 is 5.32 Å². The minimum atomic E-state index is -3.13. The maximum Gasteiger partial charge on any atom is 0.223 e. The van der Waals surface area contributed by atoms with Crippen molar-refractivity contribution in [3.05, 3.63) is 0 Å². The van der Waals surface area contributed by atoms with Gasteiger partial charge in [0.1, 0.15) is 0 Å². The third kappa shape index (κ3) is 5.03. The summed E-state index contributed by atoms with van der Waals surface area (Å²) in [4.78, 5) is 11.9. The normalized spacial score (nSPS) is 19.8. The number of hydrogen-bond acceptors (Lipinski definition) is 4. The molecule has 20 heavy (non-hydrogen) atoms. The highest BCUT2D eigenvalue weighted by molar-refractivity contribution is 7.89. The number of rotatable bonds is 7. The molecule has 1 atom stereocenters. The number of hydrogen-bond donors (Lipinski definition) is 2. The molecule has 0 radical (unpaired) electrons. The van der Waals surface area contributed by atoms with Crippen molar-refractivity contribution in [1.82, 2.24) is 9.62 Å². The molecule has 2 N–H and O–H groups in total. The van der Waals surface area contributed by atoms with E-state index in [0.717, 1.165) is 0 Å². The molecule has 0 aromatic rings. The maximum atomic E-state index is 11.9. The molecule has 1 rings (SSSR count). The van der Waals surface area contributed by atoms with Crippen LogP contribution in [0.3, 0.4) is 0 Å². The zero-order valence-corrected chi connectivity index (χ0v) is 13.2. The summed E-state index contributed by atoms with van der Waals surface area (Å²) in [7, 11) is -3.13. The topological polar surface area (TPSA) is 86.7 Å². The number of aliphatic hydroxyl groups is 1. The molecule has 1 aliphatic heterocycles. The second kappa shape index (κ2) is 7.95. The quantitative estimate of drug-likeness (QED) is 0.709. The number of nitrogens with zero attached hydrogens (tertiary/aromatic N) is 1. The summed E-state index contributed by atoms with van der Waals surface area (Å²) in [5.74, 6) is -0.0300. The van der Waals surface area contributed by atoms with Crippen LogP contribution in [-0.4, -0.2) is 55.2 Å². The lowest BCUT2D eigenvalue weighted by Crippen LogP contribution is -2.43. The Morgan fingerprint density at radius 2 is 1.95 bits per heavy atom. The molecule has 0 spiro atoms. The summed E-state index contributed by atoms with van der Waals surface area (Å²) in [5.41, 5.74) is 0. The van der Waals surface area contributed by atoms with Gasteiger partial charge in [-0.25, -0.2) is 12.7 Å². The molecular formula is C13H26N2O4S. The number of nitrogens with one attached hydrogen (secondary N) is 1. The fourth-order valence-corrected chi connectivity index (χ4v) is 3.42. The van der Waals surface area contributed by atoms with E-state index in [1.807, 2.05) is 6.92 Å². The van der Waals surface area contributed by atoms with E-state index in [1.165, 1.54) is 4.31 Å². The van der Waals surface area contributed by atoms with Crippen LogP contribution in [0.2, 0.25) is 0 Å². The van der Waals surface area contributed by atoms with Crippen molar-refractivity contribution >= 4 is 15.9 Å². The minimum Gasteiger partial charge on any atom is -0.393 e. The molecule has 0 aliphatic carbocycles. The first-order valence-corrected chi connectivity index (χ1v) is 8.95. The number of carbonyl (C=O) groups is 1. The van der Waals surface area contributed by atoms with Crippen LogP contribution in [0, 0.1) is 5.92 Å². The Balaban J connectivity index is 2.32. The smallest absolute Gasteiger partial charge is 0.223 e. The Kier molecular flexibility index (Phi) is 6.91. The van der Waals surface area contributed by atoms with Crippen molar-refractivity contribution < 1.29 is 18.3 Å². The van der Waals surface area contributed by atoms with Gasteiger partial charge in [-0.05, 0) is 32.6 Å². The lowest BCUT2D eigenvalue weighted by Gasteiger charge is -2.30. The molecule has 6 nitrogen and oxygen atoms in total. The first-order valence-electron chi connectivity index (χ1n) is 7.34. The molecule has 1 aliphatic rings. The van der Waals surface area contributed by atoms with Gasteiger partial charge in [0.15, 0.2) is 0 Å². The molecule has 1 unspecified atom stereocenters. The molecule has 1 saturated heterocycles. The van der Waals surface area contributed by atoms with Gasteiger partial charge >= 0.3 is 0 Å². The largest absolute Gasteiger partial charge is 0.393 e. The fraction of sp³-hybridized carbons (Fsp3) is 0.923. The maximum absolute atomic E-state index is 11.9. The Labute approximate surface area is 121 Å². The highest BCUT2D eigenvalue weighted by Crippen LogP contribution is 2.19. The molecule has 118 valence electrons. The van der Waals surface area contributed by atoms with Crippen molar-refractivity contribution in [2.75, 3.05) is 25.4 Å². The van der Waals surface area contributed by atoms with Gasteiger partial charge in [0.2, 0.25) is 15.9 Å². The second-order valence-corrected chi connectivity index (χ2v) is 7.47. The first-order chi connectivity index (χ1) is 9.40. The van der Waals surface area contributed by atoms with Crippen molar-refractivity contribution in [2.45, 2.75) is 45.6 Å². The first kappa shape index (κ1) is 17.4. The predicted molar refractivity (Wildman–Crippen MR) is 77.7 cm³/mol. The van der Waals surface area contributed by atoms with E-state index in [9.17, 15) is 18.3 Å². The summed E-state index contributed by atoms with van der Waals surface area (Å²) in [6.07, 6.45) is 2.02. The number of aliphatic hydroxyl groups excluding tert-OH is 1. The van der Waals surface area contributed by atoms with Gasteiger partial charge in [0.25, 0.3) is 0 Å². The van der Waals surface area contributed by atoms with Gasteiger partial charge in [-0.15, -0.1) is 0 Å². The molecule has 0 aromatic carbocycles. The van der Waals surface area contributed by atoms with Crippen molar-refractivity contribution in [2.24, 2.45) is 5.92 Å². The molecule has 0 bridgehead atoms. The Morgan fingerprint density at radius 1 is 1.35 bits per heavy atom. The number of sulfonamides is 1. The molecule has 0 aromatic heterocycles. The van der Waals surface area contributed by atoms with E-state index >= 15 is 0 Å². The summed E-state index contributed by atoms with van der Waals surface area (Å²) in [6.45, 7) is 4.85. The van der Waals surface area contributed by atoms with Gasteiger partial charge in [-0.2, -0.15) is 0 Å². The zero-order valence-electron chi connectivity index (χ0n) is 12.3. The lowest BCUT2D eigenvalue weighted by molar-refractivity contribution is -0.126. The van der Waals surface area contributed by atoms with Crippen LogP contribution in [-0.2, 0) is 14.8 Å². The Morgan fingerprint density at radius 3 is 2.45 bits per heavy atom. The highest BCUT2D eigenvalue weighted by Gasteiger charge is 2.29. The fourth-order valence-electron chi connectivity index (χ4n) is 2.29. The van der Waals surface area contributed by atoms with Crippen LogP contribution in [0.4, 0.5) is 0 Å². The van der Waals surface area contributed by atoms with Crippen molar-refractivity contribution in [3.63, 3.8) is 0 Å².